The predicted octanol–water partition coefficient (Wildman–Crippen LogP) is 4.41. The molecule has 2 saturated heterocycles. The summed E-state index contributed by atoms with van der Waals surface area (Å²) >= 11 is 1.67. The lowest BCUT2D eigenvalue weighted by Crippen LogP contribution is -2.37. The van der Waals surface area contributed by atoms with Gasteiger partial charge in [0.25, 0.3) is 0 Å². The van der Waals surface area contributed by atoms with Crippen LogP contribution in [0, 0.1) is 5.92 Å². The summed E-state index contributed by atoms with van der Waals surface area (Å²) in [7, 11) is 0. The number of rotatable bonds is 5. The molecule has 0 spiro atoms. The standard InChI is InChI=1S/C24H25N3O3S/c1-2-30-18-11-9-17(10-12-18)27-15-16(14-22(27)28)24(29)26-13-5-7-20(26)23-25-19-6-3-4-8-21(19)31-23/h3-4,6,8-12,16,20H,2,5,7,13-15H2,1H3/t16-,20+/m1/s1. The minimum atomic E-state index is -0.311. The number of hydrogen-bond acceptors (Lipinski definition) is 5. The van der Waals surface area contributed by atoms with E-state index >= 15 is 0 Å². The summed E-state index contributed by atoms with van der Waals surface area (Å²) in [5.41, 5.74) is 1.80. The van der Waals surface area contributed by atoms with Crippen LogP contribution in [0.5, 0.6) is 5.75 Å². The fourth-order valence-corrected chi connectivity index (χ4v) is 5.68. The molecule has 0 unspecified atom stereocenters. The first-order valence-corrected chi connectivity index (χ1v) is 11.6. The summed E-state index contributed by atoms with van der Waals surface area (Å²) in [4.78, 5) is 34.6. The fraction of sp³-hybridized carbons (Fsp3) is 0.375. The van der Waals surface area contributed by atoms with Crippen LogP contribution in [0.25, 0.3) is 10.2 Å². The van der Waals surface area contributed by atoms with E-state index in [-0.39, 0.29) is 30.2 Å². The van der Waals surface area contributed by atoms with E-state index in [1.54, 1.807) is 16.2 Å². The molecular formula is C24H25N3O3S. The average Bonchev–Trinajstić information content (AvgIpc) is 3.51. The van der Waals surface area contributed by atoms with E-state index in [1.807, 2.05) is 54.3 Å². The molecule has 0 aliphatic carbocycles. The number of fused-ring (bicyclic) bond motifs is 1. The first kappa shape index (κ1) is 20.0. The topological polar surface area (TPSA) is 62.7 Å². The molecule has 1 aromatic heterocycles. The molecule has 2 fully saturated rings. The van der Waals surface area contributed by atoms with Crippen LogP contribution in [0.15, 0.2) is 48.5 Å². The van der Waals surface area contributed by atoms with Crippen molar-refractivity contribution in [2.24, 2.45) is 5.92 Å². The van der Waals surface area contributed by atoms with Gasteiger partial charge in [0.1, 0.15) is 10.8 Å². The number of thiazole rings is 1. The molecule has 7 heteroatoms. The predicted molar refractivity (Wildman–Crippen MR) is 121 cm³/mol. The summed E-state index contributed by atoms with van der Waals surface area (Å²) in [6.45, 7) is 3.69. The maximum absolute atomic E-state index is 13.4. The SMILES string of the molecule is CCOc1ccc(N2C[C@H](C(=O)N3CCC[C@H]3c3nc4ccccc4s3)CC2=O)cc1. The molecule has 0 saturated carbocycles. The van der Waals surface area contributed by atoms with Gasteiger partial charge in [0.2, 0.25) is 11.8 Å². The minimum absolute atomic E-state index is 0.00163. The highest BCUT2D eigenvalue weighted by molar-refractivity contribution is 7.18. The van der Waals surface area contributed by atoms with Crippen molar-refractivity contribution in [3.63, 3.8) is 0 Å². The lowest BCUT2D eigenvalue weighted by molar-refractivity contribution is -0.136. The quantitative estimate of drug-likeness (QED) is 0.596. The van der Waals surface area contributed by atoms with Crippen molar-refractivity contribution in [1.29, 1.82) is 0 Å². The Morgan fingerprint density at radius 3 is 2.77 bits per heavy atom. The molecule has 2 aliphatic heterocycles. The third-order valence-corrected chi connectivity index (χ3v) is 7.20. The van der Waals surface area contributed by atoms with Gasteiger partial charge >= 0.3 is 0 Å². The zero-order chi connectivity index (χ0) is 21.4. The van der Waals surface area contributed by atoms with E-state index in [1.165, 1.54) is 0 Å². The highest BCUT2D eigenvalue weighted by Crippen LogP contribution is 2.38. The van der Waals surface area contributed by atoms with Gasteiger partial charge in [-0.05, 0) is 56.2 Å². The number of anilines is 1. The van der Waals surface area contributed by atoms with Crippen LogP contribution in [0.1, 0.15) is 37.2 Å². The normalized spacial score (nSPS) is 21.3. The number of carbonyl (C=O) groups excluding carboxylic acids is 2. The van der Waals surface area contributed by atoms with E-state index < -0.39 is 0 Å². The maximum Gasteiger partial charge on any atom is 0.228 e. The lowest BCUT2D eigenvalue weighted by atomic mass is 10.1. The molecule has 3 heterocycles. The van der Waals surface area contributed by atoms with Gasteiger partial charge < -0.3 is 14.5 Å². The molecule has 0 radical (unpaired) electrons. The first-order chi connectivity index (χ1) is 15.1. The monoisotopic (exact) mass is 435 g/mol. The Morgan fingerprint density at radius 2 is 2.00 bits per heavy atom. The van der Waals surface area contributed by atoms with Crippen LogP contribution in [-0.4, -0.2) is 41.4 Å². The summed E-state index contributed by atoms with van der Waals surface area (Å²) in [6.07, 6.45) is 2.15. The highest BCUT2D eigenvalue weighted by atomic mass is 32.1. The number of aromatic nitrogens is 1. The van der Waals surface area contributed by atoms with Gasteiger partial charge in [0, 0.05) is 25.2 Å². The number of benzene rings is 2. The molecule has 0 bridgehead atoms. The molecule has 2 amide bonds. The average molecular weight is 436 g/mol. The Bertz CT molecular complexity index is 1080. The second-order valence-corrected chi connectivity index (χ2v) is 9.10. The molecule has 31 heavy (non-hydrogen) atoms. The maximum atomic E-state index is 13.4. The minimum Gasteiger partial charge on any atom is -0.494 e. The number of para-hydroxylation sites is 1. The molecule has 0 N–H and O–H groups in total. The summed E-state index contributed by atoms with van der Waals surface area (Å²) in [5, 5.41) is 1.000. The molecule has 2 aromatic carbocycles. The number of nitrogens with zero attached hydrogens (tertiary/aromatic N) is 3. The largest absolute Gasteiger partial charge is 0.494 e. The van der Waals surface area contributed by atoms with Crippen molar-refractivity contribution in [2.45, 2.75) is 32.2 Å². The zero-order valence-corrected chi connectivity index (χ0v) is 18.3. The third-order valence-electron chi connectivity index (χ3n) is 6.07. The van der Waals surface area contributed by atoms with E-state index in [9.17, 15) is 9.59 Å². The van der Waals surface area contributed by atoms with Gasteiger partial charge in [-0.2, -0.15) is 0 Å². The summed E-state index contributed by atoms with van der Waals surface area (Å²) in [5.74, 6) is 0.539. The molecule has 2 aliphatic rings. The van der Waals surface area contributed by atoms with E-state index in [0.29, 0.717) is 13.2 Å². The van der Waals surface area contributed by atoms with E-state index in [4.69, 9.17) is 9.72 Å². The van der Waals surface area contributed by atoms with Gasteiger partial charge in [-0.15, -0.1) is 11.3 Å². The van der Waals surface area contributed by atoms with Crippen molar-refractivity contribution < 1.29 is 14.3 Å². The Balaban J connectivity index is 1.32. The molecule has 160 valence electrons. The third kappa shape index (κ3) is 3.78. The van der Waals surface area contributed by atoms with Crippen molar-refractivity contribution in [2.75, 3.05) is 24.6 Å². The second-order valence-electron chi connectivity index (χ2n) is 8.04. The molecule has 2 atom stereocenters. The number of likely N-dealkylation sites (tertiary alicyclic amines) is 1. The second kappa shape index (κ2) is 8.30. The van der Waals surface area contributed by atoms with Crippen LogP contribution >= 0.6 is 11.3 Å². The van der Waals surface area contributed by atoms with Crippen LogP contribution in [0.3, 0.4) is 0 Å². The molecule has 6 nitrogen and oxygen atoms in total. The van der Waals surface area contributed by atoms with Crippen LogP contribution in [0.4, 0.5) is 5.69 Å². The summed E-state index contributed by atoms with van der Waals surface area (Å²) < 4.78 is 6.63. The van der Waals surface area contributed by atoms with Gasteiger partial charge in [0.05, 0.1) is 28.8 Å². The van der Waals surface area contributed by atoms with Crippen molar-refractivity contribution >= 4 is 39.1 Å². The van der Waals surface area contributed by atoms with Crippen molar-refractivity contribution in [3.8, 4) is 5.75 Å². The Labute approximate surface area is 185 Å². The highest BCUT2D eigenvalue weighted by Gasteiger charge is 2.41. The Hall–Kier alpha value is -2.93. The van der Waals surface area contributed by atoms with Crippen LogP contribution in [0.2, 0.25) is 0 Å². The smallest absolute Gasteiger partial charge is 0.228 e. The lowest BCUT2D eigenvalue weighted by Gasteiger charge is -2.26. The fourth-order valence-electron chi connectivity index (χ4n) is 4.57. The number of hydrogen-bond donors (Lipinski definition) is 0. The Morgan fingerprint density at radius 1 is 1.19 bits per heavy atom. The van der Waals surface area contributed by atoms with Crippen LogP contribution in [-0.2, 0) is 9.59 Å². The summed E-state index contributed by atoms with van der Waals surface area (Å²) in [6, 6.07) is 15.6. The van der Waals surface area contributed by atoms with Crippen molar-refractivity contribution in [3.05, 3.63) is 53.5 Å². The molecule has 5 rings (SSSR count). The number of carbonyl (C=O) groups is 2. The molecular weight excluding hydrogens is 410 g/mol. The van der Waals surface area contributed by atoms with Gasteiger partial charge in [0.15, 0.2) is 0 Å². The van der Waals surface area contributed by atoms with Gasteiger partial charge in [-0.3, -0.25) is 9.59 Å². The van der Waals surface area contributed by atoms with E-state index in [2.05, 4.69) is 6.07 Å². The van der Waals surface area contributed by atoms with Gasteiger partial charge in [-0.1, -0.05) is 12.1 Å². The molecule has 3 aromatic rings. The van der Waals surface area contributed by atoms with Crippen LogP contribution < -0.4 is 9.64 Å². The van der Waals surface area contributed by atoms with Crippen molar-refractivity contribution in [1.82, 2.24) is 9.88 Å². The Kier molecular flexibility index (Phi) is 5.36. The zero-order valence-electron chi connectivity index (χ0n) is 17.5. The number of ether oxygens (including phenoxy) is 1. The van der Waals surface area contributed by atoms with Gasteiger partial charge in [-0.25, -0.2) is 4.98 Å². The number of amides is 2. The van der Waals surface area contributed by atoms with E-state index in [0.717, 1.165) is 46.0 Å². The first-order valence-electron chi connectivity index (χ1n) is 10.8.